The van der Waals surface area contributed by atoms with E-state index in [4.69, 9.17) is 17.4 Å². The highest BCUT2D eigenvalue weighted by Crippen LogP contribution is 2.30. The van der Waals surface area contributed by atoms with Gasteiger partial charge in [0.05, 0.1) is 5.69 Å². The van der Waals surface area contributed by atoms with Crippen molar-refractivity contribution in [1.29, 1.82) is 0 Å². The smallest absolute Gasteiger partial charge is 0.197 e. The molecule has 2 rings (SSSR count). The number of nitrogens with one attached hydrogen (secondary N) is 1. The van der Waals surface area contributed by atoms with Crippen LogP contribution < -0.4 is 11.3 Å². The minimum Gasteiger partial charge on any atom is -0.300 e. The summed E-state index contributed by atoms with van der Waals surface area (Å²) in [5, 5.41) is 1.42. The predicted molar refractivity (Wildman–Crippen MR) is 65.1 cm³/mol. The quantitative estimate of drug-likeness (QED) is 0.626. The summed E-state index contributed by atoms with van der Waals surface area (Å²) in [7, 11) is 0. The van der Waals surface area contributed by atoms with Crippen LogP contribution in [0.15, 0.2) is 24.3 Å². The van der Waals surface area contributed by atoms with Crippen molar-refractivity contribution in [2.75, 3.05) is 5.43 Å². The van der Waals surface area contributed by atoms with Crippen LogP contribution in [-0.2, 0) is 0 Å². The van der Waals surface area contributed by atoms with E-state index in [0.717, 1.165) is 16.1 Å². The molecule has 1 aromatic carbocycles. The maximum Gasteiger partial charge on any atom is 0.197 e. The molecule has 0 amide bonds. The Morgan fingerprint density at radius 3 is 2.87 bits per heavy atom. The fourth-order valence-corrected chi connectivity index (χ4v) is 2.30. The highest BCUT2D eigenvalue weighted by Gasteiger charge is 2.08. The molecule has 0 bridgehead atoms. The van der Waals surface area contributed by atoms with Crippen molar-refractivity contribution >= 4 is 28.1 Å². The number of hydrogen-bond donors (Lipinski definition) is 2. The van der Waals surface area contributed by atoms with Crippen LogP contribution in [-0.4, -0.2) is 4.98 Å². The van der Waals surface area contributed by atoms with Crippen molar-refractivity contribution < 1.29 is 0 Å². The highest BCUT2D eigenvalue weighted by molar-refractivity contribution is 7.15. The van der Waals surface area contributed by atoms with E-state index in [2.05, 4.69) is 10.4 Å². The average Bonchev–Trinajstić information content (AvgIpc) is 2.60. The molecule has 0 saturated heterocycles. The molecule has 1 heterocycles. The molecule has 0 aliphatic carbocycles. The normalized spacial score (nSPS) is 10.3. The SMILES string of the molecule is Cc1sc(NN)nc1-c1cccc(Cl)c1. The van der Waals surface area contributed by atoms with Crippen LogP contribution in [0.2, 0.25) is 5.02 Å². The van der Waals surface area contributed by atoms with E-state index in [1.807, 2.05) is 31.2 Å². The molecular weight excluding hydrogens is 230 g/mol. The second-order valence-corrected chi connectivity index (χ2v) is 4.72. The second kappa shape index (κ2) is 4.18. The zero-order chi connectivity index (χ0) is 10.8. The number of nitrogens with zero attached hydrogens (tertiary/aromatic N) is 1. The van der Waals surface area contributed by atoms with E-state index in [1.165, 1.54) is 11.3 Å². The number of hydrazine groups is 1. The number of thiazole rings is 1. The predicted octanol–water partition coefficient (Wildman–Crippen LogP) is 3.06. The van der Waals surface area contributed by atoms with Gasteiger partial charge in [-0.2, -0.15) is 0 Å². The molecule has 3 nitrogen and oxygen atoms in total. The standard InChI is InChI=1S/C10H10ClN3S/c1-6-9(13-10(14-12)15-6)7-3-2-4-8(11)5-7/h2-5H,12H2,1H3,(H,13,14). The van der Waals surface area contributed by atoms with Crippen molar-refractivity contribution in [3.05, 3.63) is 34.2 Å². The molecule has 1 aromatic heterocycles. The molecule has 15 heavy (non-hydrogen) atoms. The Hall–Kier alpha value is -1.10. The third-order valence-corrected chi connectivity index (χ3v) is 3.16. The Kier molecular flexibility index (Phi) is 2.90. The van der Waals surface area contributed by atoms with Gasteiger partial charge in [0.2, 0.25) is 0 Å². The van der Waals surface area contributed by atoms with Gasteiger partial charge in [-0.3, -0.25) is 5.43 Å². The largest absolute Gasteiger partial charge is 0.300 e. The van der Waals surface area contributed by atoms with Gasteiger partial charge in [-0.15, -0.1) is 11.3 Å². The van der Waals surface area contributed by atoms with Crippen LogP contribution in [0.25, 0.3) is 11.3 Å². The summed E-state index contributed by atoms with van der Waals surface area (Å²) < 4.78 is 0. The van der Waals surface area contributed by atoms with E-state index in [-0.39, 0.29) is 0 Å². The van der Waals surface area contributed by atoms with E-state index in [1.54, 1.807) is 0 Å². The van der Waals surface area contributed by atoms with Gasteiger partial charge in [0.25, 0.3) is 0 Å². The first kappa shape index (κ1) is 10.4. The summed E-state index contributed by atoms with van der Waals surface area (Å²) in [4.78, 5) is 5.48. The van der Waals surface area contributed by atoms with E-state index in [0.29, 0.717) is 10.2 Å². The van der Waals surface area contributed by atoms with Crippen LogP contribution in [0.1, 0.15) is 4.88 Å². The molecular formula is C10H10ClN3S. The third-order valence-electron chi connectivity index (χ3n) is 2.02. The summed E-state index contributed by atoms with van der Waals surface area (Å²) in [5.74, 6) is 5.31. The lowest BCUT2D eigenvalue weighted by atomic mass is 10.1. The molecule has 0 spiro atoms. The number of hydrogen-bond acceptors (Lipinski definition) is 4. The highest BCUT2D eigenvalue weighted by atomic mass is 35.5. The first-order chi connectivity index (χ1) is 7.20. The number of nitrogen functional groups attached to an aromatic ring is 1. The van der Waals surface area contributed by atoms with Gasteiger partial charge in [-0.25, -0.2) is 10.8 Å². The minimum absolute atomic E-state index is 0.710. The summed E-state index contributed by atoms with van der Waals surface area (Å²) in [5.41, 5.74) is 4.49. The third kappa shape index (κ3) is 2.12. The van der Waals surface area contributed by atoms with Crippen LogP contribution >= 0.6 is 22.9 Å². The maximum atomic E-state index is 5.92. The maximum absolute atomic E-state index is 5.92. The van der Waals surface area contributed by atoms with Crippen molar-refractivity contribution in [3.63, 3.8) is 0 Å². The molecule has 5 heteroatoms. The van der Waals surface area contributed by atoms with Crippen molar-refractivity contribution in [2.24, 2.45) is 5.84 Å². The van der Waals surface area contributed by atoms with Crippen LogP contribution in [0.3, 0.4) is 0 Å². The molecule has 2 aromatic rings. The Bertz CT molecular complexity index is 481. The van der Waals surface area contributed by atoms with E-state index >= 15 is 0 Å². The number of anilines is 1. The van der Waals surface area contributed by atoms with Crippen LogP contribution in [0.4, 0.5) is 5.13 Å². The average molecular weight is 240 g/mol. The van der Waals surface area contributed by atoms with Gasteiger partial charge in [0, 0.05) is 15.5 Å². The molecule has 0 fully saturated rings. The zero-order valence-corrected chi connectivity index (χ0v) is 9.69. The minimum atomic E-state index is 0.710. The van der Waals surface area contributed by atoms with Crippen LogP contribution in [0.5, 0.6) is 0 Å². The number of aromatic nitrogens is 1. The van der Waals surface area contributed by atoms with Gasteiger partial charge in [0.15, 0.2) is 5.13 Å². The molecule has 3 N–H and O–H groups in total. The summed E-state index contributed by atoms with van der Waals surface area (Å²) in [6.07, 6.45) is 0. The van der Waals surface area contributed by atoms with Gasteiger partial charge < -0.3 is 0 Å². The number of rotatable bonds is 2. The molecule has 0 saturated carbocycles. The van der Waals surface area contributed by atoms with Gasteiger partial charge >= 0.3 is 0 Å². The fourth-order valence-electron chi connectivity index (χ4n) is 1.36. The molecule has 0 radical (unpaired) electrons. The molecule has 0 unspecified atom stereocenters. The number of nitrogens with two attached hydrogens (primary N) is 1. The Labute approximate surface area is 96.9 Å². The first-order valence-electron chi connectivity index (χ1n) is 4.40. The fraction of sp³-hybridized carbons (Fsp3) is 0.100. The molecule has 0 aliphatic heterocycles. The van der Waals surface area contributed by atoms with E-state index < -0.39 is 0 Å². The van der Waals surface area contributed by atoms with Crippen molar-refractivity contribution in [2.45, 2.75) is 6.92 Å². The second-order valence-electron chi connectivity index (χ2n) is 3.08. The monoisotopic (exact) mass is 239 g/mol. The number of halogens is 1. The summed E-state index contributed by atoms with van der Waals surface area (Å²) >= 11 is 7.45. The molecule has 0 aliphatic rings. The summed E-state index contributed by atoms with van der Waals surface area (Å²) in [6, 6.07) is 7.62. The van der Waals surface area contributed by atoms with Crippen molar-refractivity contribution in [3.8, 4) is 11.3 Å². The molecule has 0 atom stereocenters. The lowest BCUT2D eigenvalue weighted by Crippen LogP contribution is -2.05. The topological polar surface area (TPSA) is 50.9 Å². The first-order valence-corrected chi connectivity index (χ1v) is 5.60. The molecule has 78 valence electrons. The number of benzene rings is 1. The van der Waals surface area contributed by atoms with Gasteiger partial charge in [-0.1, -0.05) is 23.7 Å². The van der Waals surface area contributed by atoms with Crippen molar-refractivity contribution in [1.82, 2.24) is 4.98 Å². The van der Waals surface area contributed by atoms with Crippen LogP contribution in [0, 0.1) is 6.92 Å². The van der Waals surface area contributed by atoms with Gasteiger partial charge in [-0.05, 0) is 19.1 Å². The Balaban J connectivity index is 2.48. The number of aryl methyl sites for hydroxylation is 1. The van der Waals surface area contributed by atoms with E-state index in [9.17, 15) is 0 Å². The lowest BCUT2D eigenvalue weighted by Gasteiger charge is -1.98. The Morgan fingerprint density at radius 1 is 1.47 bits per heavy atom. The zero-order valence-electron chi connectivity index (χ0n) is 8.12. The lowest BCUT2D eigenvalue weighted by molar-refractivity contribution is 1.28. The van der Waals surface area contributed by atoms with Gasteiger partial charge in [0.1, 0.15) is 0 Å². The Morgan fingerprint density at radius 2 is 2.27 bits per heavy atom. The summed E-state index contributed by atoms with van der Waals surface area (Å²) in [6.45, 7) is 2.01.